The molecular weight excluding hydrogens is 493 g/mol. The molecule has 1 aliphatic heterocycles. The minimum atomic E-state index is -0.232. The third-order valence-electron chi connectivity index (χ3n) is 7.00. The number of rotatable bonds is 5. The predicted molar refractivity (Wildman–Crippen MR) is 136 cm³/mol. The molecule has 2 aliphatic rings. The second kappa shape index (κ2) is 8.66. The zero-order chi connectivity index (χ0) is 23.2. The van der Waals surface area contributed by atoms with E-state index < -0.39 is 0 Å². The summed E-state index contributed by atoms with van der Waals surface area (Å²) >= 11 is 3.62. The summed E-state index contributed by atoms with van der Waals surface area (Å²) in [5.41, 5.74) is 5.13. The molecule has 4 aromatic rings. The van der Waals surface area contributed by atoms with Crippen LogP contribution in [0.15, 0.2) is 71.2 Å². The highest BCUT2D eigenvalue weighted by Crippen LogP contribution is 2.34. The molecule has 1 unspecified atom stereocenters. The van der Waals surface area contributed by atoms with Gasteiger partial charge in [-0.25, -0.2) is 9.37 Å². The van der Waals surface area contributed by atoms with Gasteiger partial charge < -0.3 is 9.47 Å². The molecule has 6 heteroatoms. The van der Waals surface area contributed by atoms with Crippen LogP contribution in [0, 0.1) is 17.7 Å². The first-order valence-corrected chi connectivity index (χ1v) is 12.7. The summed E-state index contributed by atoms with van der Waals surface area (Å²) in [6, 6.07) is 21.1. The fraction of sp³-hybridized carbons (Fsp3) is 0.286. The molecule has 0 radical (unpaired) electrons. The second-order valence-electron chi connectivity index (χ2n) is 9.48. The molecule has 172 valence electrons. The third-order valence-corrected chi connectivity index (χ3v) is 7.49. The van der Waals surface area contributed by atoms with Gasteiger partial charge in [-0.05, 0) is 66.6 Å². The molecule has 1 aromatic heterocycles. The molecule has 1 atom stereocenters. The summed E-state index contributed by atoms with van der Waals surface area (Å²) in [5.74, 6) is 1.74. The maximum atomic E-state index is 13.3. The van der Waals surface area contributed by atoms with Crippen LogP contribution in [-0.4, -0.2) is 33.4 Å². The Kier molecular flexibility index (Phi) is 5.48. The van der Waals surface area contributed by atoms with Crippen molar-refractivity contribution in [2.24, 2.45) is 11.8 Å². The molecule has 6 rings (SSSR count). The average molecular weight is 518 g/mol. The molecule has 34 heavy (non-hydrogen) atoms. The van der Waals surface area contributed by atoms with Crippen molar-refractivity contribution in [1.29, 1.82) is 0 Å². The number of hydrogen-bond donors (Lipinski definition) is 0. The number of hydrogen-bond acceptors (Lipinski definition) is 2. The summed E-state index contributed by atoms with van der Waals surface area (Å²) in [7, 11) is 0. The maximum absolute atomic E-state index is 13.3. The Labute approximate surface area is 206 Å². The first kappa shape index (κ1) is 21.5. The van der Waals surface area contributed by atoms with E-state index >= 15 is 0 Å². The summed E-state index contributed by atoms with van der Waals surface area (Å²) in [6.45, 7) is 2.51. The zero-order valence-corrected chi connectivity index (χ0v) is 20.3. The molecule has 0 bridgehead atoms. The van der Waals surface area contributed by atoms with Gasteiger partial charge in [0.2, 0.25) is 5.91 Å². The van der Waals surface area contributed by atoms with E-state index in [1.807, 2.05) is 12.1 Å². The minimum absolute atomic E-state index is 0.232. The van der Waals surface area contributed by atoms with Crippen LogP contribution in [0.5, 0.6) is 0 Å². The van der Waals surface area contributed by atoms with Crippen LogP contribution in [0.1, 0.15) is 19.3 Å². The number of nitrogens with zero attached hydrogens (tertiary/aromatic N) is 3. The SMILES string of the molecule is O=C(C1CC1)N1CCC(Cn2c(-c3ccc(-c4ccc(F)cc4)cc3)nc3ccc(Br)cc32)C1. The molecular formula is C28H25BrFN3O. The Morgan fingerprint density at radius 3 is 2.32 bits per heavy atom. The fourth-order valence-corrected chi connectivity index (χ4v) is 5.33. The molecule has 1 aliphatic carbocycles. The van der Waals surface area contributed by atoms with E-state index in [0.29, 0.717) is 11.8 Å². The van der Waals surface area contributed by atoms with Crippen LogP contribution in [0.3, 0.4) is 0 Å². The van der Waals surface area contributed by atoms with Crippen molar-refractivity contribution in [2.45, 2.75) is 25.8 Å². The zero-order valence-electron chi connectivity index (χ0n) is 18.8. The number of amides is 1. The first-order valence-electron chi connectivity index (χ1n) is 11.9. The van der Waals surface area contributed by atoms with Crippen molar-refractivity contribution < 1.29 is 9.18 Å². The Morgan fingerprint density at radius 2 is 1.62 bits per heavy atom. The topological polar surface area (TPSA) is 38.1 Å². The number of benzene rings is 3. The number of halogens is 2. The highest BCUT2D eigenvalue weighted by molar-refractivity contribution is 9.10. The van der Waals surface area contributed by atoms with Crippen molar-refractivity contribution in [1.82, 2.24) is 14.5 Å². The van der Waals surface area contributed by atoms with Crippen LogP contribution in [-0.2, 0) is 11.3 Å². The average Bonchev–Trinajstić information content (AvgIpc) is 3.50. The smallest absolute Gasteiger partial charge is 0.225 e. The van der Waals surface area contributed by atoms with E-state index in [4.69, 9.17) is 4.98 Å². The van der Waals surface area contributed by atoms with Gasteiger partial charge in [-0.15, -0.1) is 0 Å². The number of fused-ring (bicyclic) bond motifs is 1. The maximum Gasteiger partial charge on any atom is 0.225 e. The summed E-state index contributed by atoms with van der Waals surface area (Å²) < 4.78 is 16.6. The third kappa shape index (κ3) is 4.16. The van der Waals surface area contributed by atoms with Gasteiger partial charge in [0.05, 0.1) is 11.0 Å². The van der Waals surface area contributed by atoms with Gasteiger partial charge in [0.25, 0.3) is 0 Å². The largest absolute Gasteiger partial charge is 0.342 e. The highest BCUT2D eigenvalue weighted by Gasteiger charge is 2.36. The van der Waals surface area contributed by atoms with E-state index in [2.05, 4.69) is 55.7 Å². The van der Waals surface area contributed by atoms with Gasteiger partial charge in [0.1, 0.15) is 11.6 Å². The lowest BCUT2D eigenvalue weighted by atomic mass is 10.0. The Balaban J connectivity index is 1.32. The van der Waals surface area contributed by atoms with Crippen LogP contribution in [0.2, 0.25) is 0 Å². The number of imidazole rings is 1. The molecule has 2 fully saturated rings. The summed E-state index contributed by atoms with van der Waals surface area (Å²) in [6.07, 6.45) is 3.13. The van der Waals surface area contributed by atoms with Gasteiger partial charge in [0, 0.05) is 35.6 Å². The quantitative estimate of drug-likeness (QED) is 0.301. The van der Waals surface area contributed by atoms with E-state index in [9.17, 15) is 9.18 Å². The Bertz CT molecular complexity index is 1360. The molecule has 2 heterocycles. The number of likely N-dealkylation sites (tertiary alicyclic amines) is 1. The van der Waals surface area contributed by atoms with Crippen LogP contribution in [0.4, 0.5) is 4.39 Å². The van der Waals surface area contributed by atoms with Crippen molar-refractivity contribution in [3.05, 3.63) is 77.0 Å². The van der Waals surface area contributed by atoms with Gasteiger partial charge in [0.15, 0.2) is 0 Å². The highest BCUT2D eigenvalue weighted by atomic mass is 79.9. The lowest BCUT2D eigenvalue weighted by Crippen LogP contribution is -2.30. The van der Waals surface area contributed by atoms with Crippen molar-refractivity contribution in [3.63, 3.8) is 0 Å². The van der Waals surface area contributed by atoms with E-state index in [1.165, 1.54) is 12.1 Å². The van der Waals surface area contributed by atoms with Crippen LogP contribution in [0.25, 0.3) is 33.5 Å². The van der Waals surface area contributed by atoms with Gasteiger partial charge in [-0.2, -0.15) is 0 Å². The minimum Gasteiger partial charge on any atom is -0.342 e. The monoisotopic (exact) mass is 517 g/mol. The van der Waals surface area contributed by atoms with Crippen molar-refractivity contribution in [3.8, 4) is 22.5 Å². The Hall–Kier alpha value is -2.99. The summed E-state index contributed by atoms with van der Waals surface area (Å²) in [4.78, 5) is 19.6. The first-order chi connectivity index (χ1) is 16.5. The molecule has 0 N–H and O–H groups in total. The van der Waals surface area contributed by atoms with E-state index in [-0.39, 0.29) is 11.7 Å². The molecule has 0 spiro atoms. The lowest BCUT2D eigenvalue weighted by Gasteiger charge is -2.18. The van der Waals surface area contributed by atoms with Crippen molar-refractivity contribution >= 4 is 32.9 Å². The normalized spacial score (nSPS) is 18.1. The standard InChI is InChI=1S/C28H25BrFN3O/c29-23-9-12-25-26(15-23)33(17-18-13-14-32(16-18)28(34)22-5-6-22)27(31-25)21-3-1-19(2-4-21)20-7-10-24(30)11-8-20/h1-4,7-12,15,18,22H,5-6,13-14,16-17H2. The van der Waals surface area contributed by atoms with E-state index in [1.54, 1.807) is 12.1 Å². The molecule has 3 aromatic carbocycles. The van der Waals surface area contributed by atoms with Gasteiger partial charge >= 0.3 is 0 Å². The fourth-order valence-electron chi connectivity index (χ4n) is 4.98. The lowest BCUT2D eigenvalue weighted by molar-refractivity contribution is -0.131. The molecule has 1 saturated carbocycles. The van der Waals surface area contributed by atoms with Crippen LogP contribution < -0.4 is 0 Å². The van der Waals surface area contributed by atoms with Gasteiger partial charge in [-0.1, -0.05) is 52.3 Å². The number of carbonyl (C=O) groups is 1. The molecule has 4 nitrogen and oxygen atoms in total. The van der Waals surface area contributed by atoms with Gasteiger partial charge in [-0.3, -0.25) is 4.79 Å². The Morgan fingerprint density at radius 1 is 0.941 bits per heavy atom. The number of carbonyl (C=O) groups excluding carboxylic acids is 1. The van der Waals surface area contributed by atoms with Crippen molar-refractivity contribution in [2.75, 3.05) is 13.1 Å². The number of aromatic nitrogens is 2. The predicted octanol–water partition coefficient (Wildman–Crippen LogP) is 6.53. The molecule has 1 saturated heterocycles. The van der Waals surface area contributed by atoms with E-state index in [0.717, 1.165) is 76.9 Å². The van der Waals surface area contributed by atoms with Crippen LogP contribution >= 0.6 is 15.9 Å². The second-order valence-corrected chi connectivity index (χ2v) is 10.4. The molecule has 1 amide bonds. The summed E-state index contributed by atoms with van der Waals surface area (Å²) in [5, 5.41) is 0.